The number of fused-ring (bicyclic) bond motifs is 6. The third-order valence-corrected chi connectivity index (χ3v) is 13.3. The zero-order valence-electron chi connectivity index (χ0n) is 40.0. The zero-order valence-corrected chi connectivity index (χ0v) is 40.0. The van der Waals surface area contributed by atoms with Gasteiger partial charge in [0, 0.05) is 19.3 Å². The van der Waals surface area contributed by atoms with E-state index in [4.69, 9.17) is 14.2 Å². The molecule has 0 saturated heterocycles. The minimum atomic E-state index is -1.72. The summed E-state index contributed by atoms with van der Waals surface area (Å²) in [6.07, 6.45) is -0.872. The van der Waals surface area contributed by atoms with E-state index in [2.05, 4.69) is 0 Å². The second kappa shape index (κ2) is 21.2. The minimum absolute atomic E-state index is 0.255. The molecule has 0 fully saturated rings. The lowest BCUT2D eigenvalue weighted by Gasteiger charge is -2.17. The van der Waals surface area contributed by atoms with Gasteiger partial charge in [-0.1, -0.05) is 182 Å². The first-order chi connectivity index (χ1) is 36.5. The van der Waals surface area contributed by atoms with Gasteiger partial charge in [-0.15, -0.1) is 0 Å². The van der Waals surface area contributed by atoms with Gasteiger partial charge >= 0.3 is 17.9 Å². The molecular weight excluding hydrogens is 955 g/mol. The van der Waals surface area contributed by atoms with E-state index in [1.54, 1.807) is 182 Å². The molecule has 0 aliphatic heterocycles. The van der Waals surface area contributed by atoms with E-state index < -0.39 is 102 Å². The maximum Gasteiger partial charge on any atom is 0.330 e. The number of hydrogen-bond donors (Lipinski definition) is 0. The summed E-state index contributed by atoms with van der Waals surface area (Å²) >= 11 is 0. The summed E-state index contributed by atoms with van der Waals surface area (Å²) < 4.78 is 19.0. The Kier molecular flexibility index (Phi) is 13.9. The van der Waals surface area contributed by atoms with E-state index in [0.717, 1.165) is 0 Å². The quantitative estimate of drug-likeness (QED) is 0.0661. The van der Waals surface area contributed by atoms with Crippen LogP contribution in [0.25, 0.3) is 32.3 Å². The van der Waals surface area contributed by atoms with E-state index in [0.29, 0.717) is 47.1 Å². The van der Waals surface area contributed by atoms with E-state index >= 15 is 28.8 Å². The van der Waals surface area contributed by atoms with Crippen molar-refractivity contribution >= 4 is 50.2 Å². The number of rotatable bonds is 18. The standard InChI is InChI=1S/C60H45N3O12/c64-52-46-47(53(65)61(52)43(31-37-19-7-1-8-20-37)58(70)73-34-40-25-13-4-14-26-40)49-51(57(69)63(55(49)67)45(33-39-23-11-3-12-24-39)60(72)75-36-42-29-17-6-18-30-42)50-48(46)54(66)62(56(50)68)44(32-38-21-9-2-10-22-38)59(71)74-35-41-27-15-5-16-28-41/h1-30,43-45H,31-36H2/t43-,44-,45-/m0/s1. The van der Waals surface area contributed by atoms with Crippen molar-refractivity contribution in [2.24, 2.45) is 0 Å². The van der Waals surface area contributed by atoms with Gasteiger partial charge in [-0.25, -0.2) is 14.4 Å². The fourth-order valence-electron chi connectivity index (χ4n) is 9.71. The fraction of sp³-hybridized carbons (Fsp3) is 0.150. The summed E-state index contributed by atoms with van der Waals surface area (Å²) in [6.45, 7) is -0.764. The highest BCUT2D eigenvalue weighted by atomic mass is 16.5. The Morgan fingerprint density at radius 1 is 0.280 bits per heavy atom. The summed E-state index contributed by atoms with van der Waals surface area (Å²) in [4.78, 5) is 136. The van der Waals surface area contributed by atoms with E-state index in [-0.39, 0.29) is 39.1 Å². The van der Waals surface area contributed by atoms with Gasteiger partial charge in [0.15, 0.2) is 0 Å². The first-order valence-corrected chi connectivity index (χ1v) is 24.1. The average Bonchev–Trinajstić information content (AvgIpc) is 3.99. The molecule has 0 aliphatic rings. The molecule has 3 aromatic heterocycles. The second-order valence-corrected chi connectivity index (χ2v) is 18.1. The molecule has 0 spiro atoms. The normalized spacial score (nSPS) is 12.6. The van der Waals surface area contributed by atoms with Crippen molar-refractivity contribution < 1.29 is 28.6 Å². The van der Waals surface area contributed by atoms with Crippen LogP contribution in [0.15, 0.2) is 211 Å². The van der Waals surface area contributed by atoms with E-state index in [1.807, 2.05) is 0 Å². The van der Waals surface area contributed by atoms with Crippen molar-refractivity contribution in [1.29, 1.82) is 0 Å². The van der Waals surface area contributed by atoms with Crippen LogP contribution in [0.2, 0.25) is 0 Å². The number of hydrogen-bond acceptors (Lipinski definition) is 12. The summed E-state index contributed by atoms with van der Waals surface area (Å²) in [6, 6.07) is 46.1. The topological polar surface area (TPSA) is 196 Å². The van der Waals surface area contributed by atoms with Crippen LogP contribution >= 0.6 is 0 Å². The highest BCUT2D eigenvalue weighted by Crippen LogP contribution is 2.30. The second-order valence-electron chi connectivity index (χ2n) is 18.1. The molecule has 0 saturated carbocycles. The predicted octanol–water partition coefficient (Wildman–Crippen LogP) is 6.61. The van der Waals surface area contributed by atoms with Gasteiger partial charge in [0.25, 0.3) is 33.4 Å². The summed E-state index contributed by atoms with van der Waals surface area (Å²) in [7, 11) is 0. The van der Waals surface area contributed by atoms with Crippen LogP contribution < -0.4 is 33.4 Å². The predicted molar refractivity (Wildman–Crippen MR) is 280 cm³/mol. The Morgan fingerprint density at radius 3 is 0.640 bits per heavy atom. The molecule has 15 heteroatoms. The van der Waals surface area contributed by atoms with Gasteiger partial charge in [0.1, 0.15) is 37.9 Å². The first-order valence-electron chi connectivity index (χ1n) is 24.1. The van der Waals surface area contributed by atoms with Crippen LogP contribution in [0.4, 0.5) is 0 Å². The Hall–Kier alpha value is -9.63. The molecule has 7 aromatic carbocycles. The van der Waals surface area contributed by atoms with Crippen molar-refractivity contribution in [3.05, 3.63) is 277 Å². The van der Waals surface area contributed by atoms with Gasteiger partial charge in [0.05, 0.1) is 32.3 Å². The Morgan fingerprint density at radius 2 is 0.453 bits per heavy atom. The Labute approximate surface area is 425 Å². The zero-order chi connectivity index (χ0) is 52.2. The molecule has 372 valence electrons. The number of ether oxygens (including phenoxy) is 3. The van der Waals surface area contributed by atoms with Crippen LogP contribution in [-0.4, -0.2) is 31.6 Å². The van der Waals surface area contributed by atoms with Crippen LogP contribution in [0.3, 0.4) is 0 Å². The smallest absolute Gasteiger partial charge is 0.330 e. The van der Waals surface area contributed by atoms with Crippen molar-refractivity contribution in [2.45, 2.75) is 57.2 Å². The SMILES string of the molecule is O=C(OCc1ccccc1)[C@H](Cc1ccccc1)n1c(=O)c2c3c(=O)n([C@@H](Cc4ccccc4)C(=O)OCc4ccccc4)c(=O)c3c3c(=O)n([C@@H](Cc4ccccc4)C(=O)OCc4ccccc4)c(=O)c3c2c1=O. The van der Waals surface area contributed by atoms with Crippen molar-refractivity contribution in [3.8, 4) is 0 Å². The van der Waals surface area contributed by atoms with Gasteiger partial charge in [0.2, 0.25) is 0 Å². The molecule has 75 heavy (non-hydrogen) atoms. The fourth-order valence-corrected chi connectivity index (χ4v) is 9.71. The molecule has 0 aliphatic carbocycles. The third kappa shape index (κ3) is 9.62. The molecule has 10 aromatic rings. The third-order valence-electron chi connectivity index (χ3n) is 13.3. The maximum absolute atomic E-state index is 15.4. The molecule has 0 bridgehead atoms. The van der Waals surface area contributed by atoms with Crippen molar-refractivity contribution in [3.63, 3.8) is 0 Å². The monoisotopic (exact) mass is 999 g/mol. The molecule has 3 atom stereocenters. The van der Waals surface area contributed by atoms with Gasteiger partial charge in [-0.3, -0.25) is 42.5 Å². The number of nitrogens with zero attached hydrogens (tertiary/aromatic N) is 3. The lowest BCUT2D eigenvalue weighted by molar-refractivity contribution is -0.150. The molecule has 0 radical (unpaired) electrons. The summed E-state index contributed by atoms with van der Waals surface area (Å²) in [5.41, 5.74) is -4.22. The molecule has 15 nitrogen and oxygen atoms in total. The van der Waals surface area contributed by atoms with E-state index in [1.165, 1.54) is 0 Å². The van der Waals surface area contributed by atoms with E-state index in [9.17, 15) is 14.4 Å². The molecular formula is C60H45N3O12. The number of benzene rings is 7. The highest BCUT2D eigenvalue weighted by molar-refractivity contribution is 6.25. The molecule has 0 amide bonds. The van der Waals surface area contributed by atoms with Crippen LogP contribution in [0.1, 0.15) is 51.5 Å². The highest BCUT2D eigenvalue weighted by Gasteiger charge is 2.39. The lowest BCUT2D eigenvalue weighted by Crippen LogP contribution is -2.37. The van der Waals surface area contributed by atoms with Crippen LogP contribution in [-0.2, 0) is 67.7 Å². The van der Waals surface area contributed by atoms with Crippen molar-refractivity contribution in [2.75, 3.05) is 0 Å². The van der Waals surface area contributed by atoms with Crippen molar-refractivity contribution in [1.82, 2.24) is 13.7 Å². The maximum atomic E-state index is 15.4. The van der Waals surface area contributed by atoms with Crippen LogP contribution in [0, 0.1) is 0 Å². The molecule has 3 heterocycles. The number of carbonyl (C=O) groups is 3. The first kappa shape index (κ1) is 49.0. The number of carbonyl (C=O) groups excluding carboxylic acids is 3. The largest absolute Gasteiger partial charge is 0.459 e. The molecule has 10 rings (SSSR count). The lowest BCUT2D eigenvalue weighted by atomic mass is 10.0. The van der Waals surface area contributed by atoms with Gasteiger partial charge in [-0.05, 0) is 33.4 Å². The number of aromatic nitrogens is 3. The minimum Gasteiger partial charge on any atom is -0.459 e. The average molecular weight is 1000 g/mol. The molecule has 0 N–H and O–H groups in total. The summed E-state index contributed by atoms with van der Waals surface area (Å²) in [5.74, 6) is -3.06. The number of esters is 3. The Balaban J connectivity index is 1.25. The van der Waals surface area contributed by atoms with Gasteiger partial charge in [-0.2, -0.15) is 0 Å². The molecule has 0 unspecified atom stereocenters. The van der Waals surface area contributed by atoms with Crippen LogP contribution in [0.5, 0.6) is 0 Å². The van der Waals surface area contributed by atoms with Gasteiger partial charge < -0.3 is 14.2 Å². The summed E-state index contributed by atoms with van der Waals surface area (Å²) in [5, 5.41) is -4.45. The Bertz CT molecular complexity index is 3500.